The highest BCUT2D eigenvalue weighted by atomic mass is 16.5. The average molecular weight is 270 g/mol. The third-order valence-electron chi connectivity index (χ3n) is 4.67. The molecule has 3 heteroatoms. The van der Waals surface area contributed by atoms with E-state index in [0.717, 1.165) is 0 Å². The van der Waals surface area contributed by atoms with Gasteiger partial charge in [0.2, 0.25) is 5.78 Å². The Kier molecular flexibility index (Phi) is 3.00. The van der Waals surface area contributed by atoms with E-state index in [1.54, 1.807) is 6.92 Å². The third-order valence-corrected chi connectivity index (χ3v) is 4.67. The summed E-state index contributed by atoms with van der Waals surface area (Å²) in [7, 11) is 1.46. The highest BCUT2D eigenvalue weighted by Crippen LogP contribution is 2.45. The number of carbonyl (C=O) groups excluding carboxylic acids is 2. The van der Waals surface area contributed by atoms with Gasteiger partial charge < -0.3 is 4.74 Å². The molecule has 20 heavy (non-hydrogen) atoms. The van der Waals surface area contributed by atoms with Crippen LogP contribution in [0.25, 0.3) is 0 Å². The van der Waals surface area contributed by atoms with Crippen molar-refractivity contribution in [1.29, 1.82) is 0 Å². The van der Waals surface area contributed by atoms with Crippen molar-refractivity contribution in [1.82, 2.24) is 0 Å². The van der Waals surface area contributed by atoms with E-state index in [4.69, 9.17) is 4.74 Å². The summed E-state index contributed by atoms with van der Waals surface area (Å²) < 4.78 is 5.19. The second kappa shape index (κ2) is 4.58. The molecule has 3 aliphatic carbocycles. The van der Waals surface area contributed by atoms with E-state index in [9.17, 15) is 9.59 Å². The third kappa shape index (κ3) is 1.65. The normalized spacial score (nSPS) is 32.5. The summed E-state index contributed by atoms with van der Waals surface area (Å²) in [6.45, 7) is 3.74. The molecule has 3 atom stereocenters. The molecular weight excluding hydrogens is 252 g/mol. The molecule has 0 N–H and O–H groups in total. The SMILES string of the molecule is COC1=C(C)C(=O)C2CC=C3C(C)=CC=CC3C2C1=O. The zero-order chi connectivity index (χ0) is 14.4. The molecule has 0 radical (unpaired) electrons. The summed E-state index contributed by atoms with van der Waals surface area (Å²) in [5.41, 5.74) is 2.84. The molecule has 0 aromatic rings. The second-order valence-corrected chi connectivity index (χ2v) is 5.67. The van der Waals surface area contributed by atoms with E-state index in [1.165, 1.54) is 18.3 Å². The van der Waals surface area contributed by atoms with Gasteiger partial charge in [0.05, 0.1) is 7.11 Å². The van der Waals surface area contributed by atoms with E-state index in [-0.39, 0.29) is 35.1 Å². The Morgan fingerprint density at radius 2 is 1.95 bits per heavy atom. The number of carbonyl (C=O) groups is 2. The first-order chi connectivity index (χ1) is 9.56. The summed E-state index contributed by atoms with van der Waals surface area (Å²) >= 11 is 0. The lowest BCUT2D eigenvalue weighted by Crippen LogP contribution is -2.44. The van der Waals surface area contributed by atoms with Crippen LogP contribution in [0.15, 0.2) is 46.8 Å². The molecule has 3 rings (SSSR count). The van der Waals surface area contributed by atoms with Crippen LogP contribution in [0, 0.1) is 17.8 Å². The topological polar surface area (TPSA) is 43.4 Å². The van der Waals surface area contributed by atoms with Gasteiger partial charge in [-0.15, -0.1) is 0 Å². The first-order valence-corrected chi connectivity index (χ1v) is 6.95. The van der Waals surface area contributed by atoms with Crippen LogP contribution in [0.1, 0.15) is 20.3 Å². The van der Waals surface area contributed by atoms with Gasteiger partial charge in [0.25, 0.3) is 0 Å². The number of fused-ring (bicyclic) bond motifs is 3. The number of hydrogen-bond donors (Lipinski definition) is 0. The van der Waals surface area contributed by atoms with Gasteiger partial charge in [-0.1, -0.05) is 24.3 Å². The quantitative estimate of drug-likeness (QED) is 0.736. The lowest BCUT2D eigenvalue weighted by atomic mass is 9.62. The fourth-order valence-electron chi connectivity index (χ4n) is 3.64. The number of allylic oxidation sites excluding steroid dienone is 8. The molecule has 0 saturated heterocycles. The maximum absolute atomic E-state index is 12.7. The Morgan fingerprint density at radius 1 is 1.20 bits per heavy atom. The number of hydrogen-bond acceptors (Lipinski definition) is 3. The first-order valence-electron chi connectivity index (χ1n) is 6.95. The fourth-order valence-corrected chi connectivity index (χ4v) is 3.64. The molecule has 0 bridgehead atoms. The molecule has 0 aromatic heterocycles. The highest BCUT2D eigenvalue weighted by Gasteiger charge is 2.48. The van der Waals surface area contributed by atoms with Gasteiger partial charge >= 0.3 is 0 Å². The van der Waals surface area contributed by atoms with Gasteiger partial charge in [0.15, 0.2) is 11.5 Å². The summed E-state index contributed by atoms with van der Waals surface area (Å²) in [5, 5.41) is 0. The predicted molar refractivity (Wildman–Crippen MR) is 75.8 cm³/mol. The van der Waals surface area contributed by atoms with Gasteiger partial charge in [0, 0.05) is 23.3 Å². The average Bonchev–Trinajstić information content (AvgIpc) is 2.45. The van der Waals surface area contributed by atoms with Crippen LogP contribution in [-0.4, -0.2) is 18.7 Å². The number of ketones is 2. The Labute approximate surface area is 118 Å². The Balaban J connectivity index is 2.09. The van der Waals surface area contributed by atoms with Crippen LogP contribution in [-0.2, 0) is 14.3 Å². The molecule has 3 nitrogen and oxygen atoms in total. The molecule has 0 spiro atoms. The summed E-state index contributed by atoms with van der Waals surface area (Å²) in [5.74, 6) is -0.245. The largest absolute Gasteiger partial charge is 0.493 e. The number of rotatable bonds is 1. The minimum Gasteiger partial charge on any atom is -0.493 e. The molecule has 0 aliphatic heterocycles. The molecule has 0 heterocycles. The molecule has 3 unspecified atom stereocenters. The van der Waals surface area contributed by atoms with Crippen molar-refractivity contribution in [3.8, 4) is 0 Å². The van der Waals surface area contributed by atoms with E-state index < -0.39 is 0 Å². The van der Waals surface area contributed by atoms with Crippen LogP contribution in [0.3, 0.4) is 0 Å². The molecule has 3 aliphatic rings. The van der Waals surface area contributed by atoms with Crippen molar-refractivity contribution >= 4 is 11.6 Å². The number of ether oxygens (including phenoxy) is 1. The van der Waals surface area contributed by atoms with Crippen LogP contribution < -0.4 is 0 Å². The smallest absolute Gasteiger partial charge is 0.202 e. The lowest BCUT2D eigenvalue weighted by molar-refractivity contribution is -0.134. The molecule has 0 fully saturated rings. The van der Waals surface area contributed by atoms with Gasteiger partial charge in [-0.2, -0.15) is 0 Å². The zero-order valence-corrected chi connectivity index (χ0v) is 12.0. The predicted octanol–water partition coefficient (Wildman–Crippen LogP) is 2.75. The van der Waals surface area contributed by atoms with E-state index >= 15 is 0 Å². The number of Topliss-reactive ketones (excluding diaryl/α,β-unsaturated/α-hetero) is 2. The molecule has 0 saturated carbocycles. The summed E-state index contributed by atoms with van der Waals surface area (Å²) in [6.07, 6.45) is 8.84. The Hall–Kier alpha value is -1.90. The van der Waals surface area contributed by atoms with Crippen molar-refractivity contribution in [2.45, 2.75) is 20.3 Å². The minimum absolute atomic E-state index is 0.00782. The summed E-state index contributed by atoms with van der Waals surface area (Å²) in [4.78, 5) is 25.2. The second-order valence-electron chi connectivity index (χ2n) is 5.67. The molecular formula is C17H18O3. The van der Waals surface area contributed by atoms with Crippen molar-refractivity contribution in [3.63, 3.8) is 0 Å². The van der Waals surface area contributed by atoms with Crippen molar-refractivity contribution in [3.05, 3.63) is 46.8 Å². The molecule has 0 aromatic carbocycles. The van der Waals surface area contributed by atoms with Gasteiger partial charge in [-0.05, 0) is 31.4 Å². The van der Waals surface area contributed by atoms with Gasteiger partial charge in [-0.3, -0.25) is 9.59 Å². The summed E-state index contributed by atoms with van der Waals surface area (Å²) in [6, 6.07) is 0. The van der Waals surface area contributed by atoms with Crippen molar-refractivity contribution in [2.75, 3.05) is 7.11 Å². The maximum atomic E-state index is 12.7. The first kappa shape index (κ1) is 13.1. The number of methoxy groups -OCH3 is 1. The van der Waals surface area contributed by atoms with E-state index in [2.05, 4.69) is 19.1 Å². The van der Waals surface area contributed by atoms with Gasteiger partial charge in [0.1, 0.15) is 0 Å². The van der Waals surface area contributed by atoms with E-state index in [1.807, 2.05) is 12.2 Å². The van der Waals surface area contributed by atoms with Crippen LogP contribution >= 0.6 is 0 Å². The Bertz CT molecular complexity index is 616. The fraction of sp³-hybridized carbons (Fsp3) is 0.412. The van der Waals surface area contributed by atoms with Crippen molar-refractivity contribution in [2.24, 2.45) is 17.8 Å². The van der Waals surface area contributed by atoms with Crippen LogP contribution in [0.2, 0.25) is 0 Å². The Morgan fingerprint density at radius 3 is 2.65 bits per heavy atom. The van der Waals surface area contributed by atoms with Gasteiger partial charge in [-0.25, -0.2) is 0 Å². The lowest BCUT2D eigenvalue weighted by Gasteiger charge is -2.39. The molecule has 0 amide bonds. The molecule has 104 valence electrons. The van der Waals surface area contributed by atoms with Crippen molar-refractivity contribution < 1.29 is 14.3 Å². The van der Waals surface area contributed by atoms with E-state index in [0.29, 0.717) is 12.0 Å². The van der Waals surface area contributed by atoms with Crippen LogP contribution in [0.5, 0.6) is 0 Å². The minimum atomic E-state index is -0.305. The highest BCUT2D eigenvalue weighted by molar-refractivity contribution is 6.13. The maximum Gasteiger partial charge on any atom is 0.202 e. The standard InChI is InChI=1S/C17H18O3/c1-9-5-4-6-12-11(9)7-8-13-14(12)16(19)17(20-3)10(2)15(13)18/h4-7,12-14H,8H2,1-3H3. The monoisotopic (exact) mass is 270 g/mol. The zero-order valence-electron chi connectivity index (χ0n) is 12.0. The van der Waals surface area contributed by atoms with Crippen LogP contribution in [0.4, 0.5) is 0 Å².